The number of nitrogens with zero attached hydrogens (tertiary/aromatic N) is 1. The number of cyclic esters (lactones) is 1. The molecule has 2 aliphatic rings. The lowest BCUT2D eigenvalue weighted by molar-refractivity contribution is -0.107. The van der Waals surface area contributed by atoms with Crippen molar-refractivity contribution in [2.45, 2.75) is 82.6 Å². The Morgan fingerprint density at radius 1 is 1.03 bits per heavy atom. The molecule has 0 aliphatic carbocycles. The Morgan fingerprint density at radius 3 is 2.59 bits per heavy atom. The minimum absolute atomic E-state index is 0.00688. The van der Waals surface area contributed by atoms with Gasteiger partial charge in [-0.1, -0.05) is 61.7 Å². The number of carbonyl (C=O) groups excluding carboxylic acids is 2. The quantitative estimate of drug-likeness (QED) is 0.281. The van der Waals surface area contributed by atoms with Gasteiger partial charge in [-0.2, -0.15) is 0 Å². The van der Waals surface area contributed by atoms with E-state index in [-0.39, 0.29) is 24.3 Å². The summed E-state index contributed by atoms with van der Waals surface area (Å²) in [5.41, 5.74) is 1.15. The number of allylic oxidation sites excluding steroid dienone is 1. The summed E-state index contributed by atoms with van der Waals surface area (Å²) >= 11 is 0. The monoisotopic (exact) mass is 399 g/mol. The van der Waals surface area contributed by atoms with E-state index in [0.717, 1.165) is 50.4 Å². The molecule has 2 saturated heterocycles. The van der Waals surface area contributed by atoms with Crippen LogP contribution in [-0.4, -0.2) is 42.1 Å². The molecule has 3 rings (SSSR count). The van der Waals surface area contributed by atoms with E-state index in [2.05, 4.69) is 24.3 Å². The topological polar surface area (TPSA) is 55.8 Å². The van der Waals surface area contributed by atoms with Crippen LogP contribution in [0.25, 0.3) is 0 Å². The molecule has 1 aromatic carbocycles. The van der Waals surface area contributed by atoms with Gasteiger partial charge in [0.1, 0.15) is 12.9 Å². The molecule has 0 unspecified atom stereocenters. The summed E-state index contributed by atoms with van der Waals surface area (Å²) in [6.45, 7) is 0.987. The molecular weight excluding hydrogens is 366 g/mol. The molecule has 1 aromatic rings. The first kappa shape index (κ1) is 21.6. The summed E-state index contributed by atoms with van der Waals surface area (Å²) in [6.07, 6.45) is 14.4. The van der Waals surface area contributed by atoms with Gasteiger partial charge in [0.15, 0.2) is 0 Å². The number of aldehydes is 1. The minimum Gasteiger partial charge on any atom is -0.447 e. The average Bonchev–Trinajstić information content (AvgIpc) is 3.14. The standard InChI is InChI=1S/C24H33NO4/c26-17-11-6-4-2-1-3-5-10-14-21-15-16-23(22-19-29-24(27)25(21)22)28-18-20-12-8-7-9-13-20/h7-10,12-14,17,21-23H,1-6,11,15-16,18-19H2/b14-10-/t21-,22-,23+/m1/s1. The highest BCUT2D eigenvalue weighted by atomic mass is 16.6. The van der Waals surface area contributed by atoms with Crippen molar-refractivity contribution in [2.24, 2.45) is 0 Å². The van der Waals surface area contributed by atoms with Gasteiger partial charge in [0, 0.05) is 6.42 Å². The highest BCUT2D eigenvalue weighted by Crippen LogP contribution is 2.31. The molecule has 3 atom stereocenters. The van der Waals surface area contributed by atoms with Crippen LogP contribution in [0.5, 0.6) is 0 Å². The number of hydrogen-bond donors (Lipinski definition) is 0. The summed E-state index contributed by atoms with van der Waals surface area (Å²) in [7, 11) is 0. The number of unbranched alkanes of at least 4 members (excludes halogenated alkanes) is 6. The Labute approximate surface area is 174 Å². The zero-order valence-electron chi connectivity index (χ0n) is 17.2. The molecule has 1 amide bonds. The second-order valence-corrected chi connectivity index (χ2v) is 7.97. The number of ether oxygens (including phenoxy) is 2. The second-order valence-electron chi connectivity index (χ2n) is 7.97. The van der Waals surface area contributed by atoms with E-state index in [9.17, 15) is 9.59 Å². The van der Waals surface area contributed by atoms with E-state index in [1.54, 1.807) is 0 Å². The molecule has 0 N–H and O–H groups in total. The van der Waals surface area contributed by atoms with E-state index in [4.69, 9.17) is 9.47 Å². The number of benzene rings is 1. The highest BCUT2D eigenvalue weighted by molar-refractivity contribution is 5.71. The van der Waals surface area contributed by atoms with E-state index < -0.39 is 0 Å². The summed E-state index contributed by atoms with van der Waals surface area (Å²) in [6, 6.07) is 10.3. The predicted molar refractivity (Wildman–Crippen MR) is 113 cm³/mol. The Balaban J connectivity index is 1.42. The van der Waals surface area contributed by atoms with E-state index in [1.165, 1.54) is 12.8 Å². The van der Waals surface area contributed by atoms with Crippen LogP contribution < -0.4 is 0 Å². The van der Waals surface area contributed by atoms with Crippen LogP contribution in [0.2, 0.25) is 0 Å². The SMILES string of the molecule is O=CCCCCCCC/C=C\[C@@H]1CC[C@H](OCc2ccccc2)[C@H]2COC(=O)N12. The third-order valence-corrected chi connectivity index (χ3v) is 5.84. The van der Waals surface area contributed by atoms with E-state index in [1.807, 2.05) is 23.1 Å². The zero-order chi connectivity index (χ0) is 20.3. The number of amides is 1. The van der Waals surface area contributed by atoms with Crippen LogP contribution in [-0.2, 0) is 20.9 Å². The van der Waals surface area contributed by atoms with Crippen LogP contribution in [0.15, 0.2) is 42.5 Å². The maximum Gasteiger partial charge on any atom is 0.410 e. The molecule has 0 aromatic heterocycles. The number of piperidine rings is 1. The number of carbonyl (C=O) groups is 2. The third kappa shape index (κ3) is 6.43. The fraction of sp³-hybridized carbons (Fsp3) is 0.583. The summed E-state index contributed by atoms with van der Waals surface area (Å²) in [5, 5.41) is 0. The lowest BCUT2D eigenvalue weighted by atomic mass is 9.93. The van der Waals surface area contributed by atoms with Crippen molar-refractivity contribution >= 4 is 12.4 Å². The normalized spacial score (nSPS) is 23.9. The smallest absolute Gasteiger partial charge is 0.410 e. The highest BCUT2D eigenvalue weighted by Gasteiger charge is 2.45. The second kappa shape index (κ2) is 11.8. The van der Waals surface area contributed by atoms with Crippen molar-refractivity contribution in [3.63, 3.8) is 0 Å². The van der Waals surface area contributed by atoms with Gasteiger partial charge in [-0.05, 0) is 37.7 Å². The molecule has 2 heterocycles. The average molecular weight is 400 g/mol. The summed E-state index contributed by atoms with van der Waals surface area (Å²) in [5.74, 6) is 0. The van der Waals surface area contributed by atoms with Crippen LogP contribution >= 0.6 is 0 Å². The molecule has 0 saturated carbocycles. The lowest BCUT2D eigenvalue weighted by Crippen LogP contribution is -2.52. The zero-order valence-corrected chi connectivity index (χ0v) is 17.2. The Kier molecular flexibility index (Phi) is 8.75. The Morgan fingerprint density at radius 2 is 1.79 bits per heavy atom. The fourth-order valence-electron chi connectivity index (χ4n) is 4.22. The van der Waals surface area contributed by atoms with Crippen molar-refractivity contribution < 1.29 is 19.1 Å². The molecule has 2 aliphatic heterocycles. The van der Waals surface area contributed by atoms with Crippen LogP contribution in [0, 0.1) is 0 Å². The van der Waals surface area contributed by atoms with Gasteiger partial charge in [0.2, 0.25) is 0 Å². The molecule has 29 heavy (non-hydrogen) atoms. The predicted octanol–water partition coefficient (Wildman–Crippen LogP) is 5.04. The van der Waals surface area contributed by atoms with E-state index in [0.29, 0.717) is 19.6 Å². The Hall–Kier alpha value is -2.14. The largest absolute Gasteiger partial charge is 0.447 e. The maximum absolute atomic E-state index is 12.3. The van der Waals surface area contributed by atoms with Gasteiger partial charge in [-0.15, -0.1) is 0 Å². The third-order valence-electron chi connectivity index (χ3n) is 5.84. The maximum atomic E-state index is 12.3. The molecule has 0 radical (unpaired) electrons. The summed E-state index contributed by atoms with van der Waals surface area (Å²) < 4.78 is 11.5. The summed E-state index contributed by atoms with van der Waals surface area (Å²) in [4.78, 5) is 24.5. The first-order valence-corrected chi connectivity index (χ1v) is 11.0. The first-order chi connectivity index (χ1) is 14.3. The first-order valence-electron chi connectivity index (χ1n) is 11.0. The van der Waals surface area contributed by atoms with Gasteiger partial charge in [0.25, 0.3) is 0 Å². The molecule has 2 fully saturated rings. The molecule has 0 bridgehead atoms. The van der Waals surface area contributed by atoms with Crippen molar-refractivity contribution in [3.8, 4) is 0 Å². The molecule has 5 nitrogen and oxygen atoms in total. The molecular formula is C24H33NO4. The van der Waals surface area contributed by atoms with Gasteiger partial charge >= 0.3 is 6.09 Å². The van der Waals surface area contributed by atoms with Gasteiger partial charge < -0.3 is 14.3 Å². The fourth-order valence-corrected chi connectivity index (χ4v) is 4.22. The number of rotatable bonds is 12. The van der Waals surface area contributed by atoms with Gasteiger partial charge in [-0.3, -0.25) is 4.90 Å². The van der Waals surface area contributed by atoms with Crippen molar-refractivity contribution in [3.05, 3.63) is 48.0 Å². The van der Waals surface area contributed by atoms with Crippen molar-refractivity contribution in [2.75, 3.05) is 6.61 Å². The Bertz CT molecular complexity index is 660. The van der Waals surface area contributed by atoms with E-state index >= 15 is 0 Å². The van der Waals surface area contributed by atoms with Crippen LogP contribution in [0.4, 0.5) is 4.79 Å². The van der Waals surface area contributed by atoms with Crippen LogP contribution in [0.1, 0.15) is 63.4 Å². The van der Waals surface area contributed by atoms with Gasteiger partial charge in [-0.25, -0.2) is 4.79 Å². The van der Waals surface area contributed by atoms with Crippen molar-refractivity contribution in [1.29, 1.82) is 0 Å². The lowest BCUT2D eigenvalue weighted by Gasteiger charge is -2.39. The molecule has 0 spiro atoms. The van der Waals surface area contributed by atoms with Crippen LogP contribution in [0.3, 0.4) is 0 Å². The van der Waals surface area contributed by atoms with Gasteiger partial charge in [0.05, 0.1) is 24.8 Å². The minimum atomic E-state index is -0.215. The molecule has 158 valence electrons. The van der Waals surface area contributed by atoms with Crippen molar-refractivity contribution in [1.82, 2.24) is 4.90 Å². The number of fused-ring (bicyclic) bond motifs is 1. The number of hydrogen-bond acceptors (Lipinski definition) is 4. The molecule has 5 heteroatoms.